The van der Waals surface area contributed by atoms with Gasteiger partial charge in [-0.15, -0.1) is 0 Å². The molecule has 4 rings (SSSR count). The molecular weight excluding hydrogens is 366 g/mol. The summed E-state index contributed by atoms with van der Waals surface area (Å²) in [6.07, 6.45) is 1.13. The fraction of sp³-hybridized carbons (Fsp3) is 0.120. The average Bonchev–Trinajstić information content (AvgIpc) is 2.74. The van der Waals surface area contributed by atoms with Gasteiger partial charge >= 0.3 is 0 Å². The van der Waals surface area contributed by atoms with Gasteiger partial charge in [-0.1, -0.05) is 78.3 Å². The first-order chi connectivity index (χ1) is 13.7. The molecular formula is C25H20ClNO. The smallest absolute Gasteiger partial charge is 0.163 e. The maximum atomic E-state index is 12.9. The largest absolute Gasteiger partial charge is 0.294 e. The lowest BCUT2D eigenvalue weighted by Gasteiger charge is -2.17. The van der Waals surface area contributed by atoms with Crippen LogP contribution < -0.4 is 0 Å². The summed E-state index contributed by atoms with van der Waals surface area (Å²) in [4.78, 5) is 17.7. The number of benzene rings is 3. The van der Waals surface area contributed by atoms with Gasteiger partial charge in [0.1, 0.15) is 0 Å². The fourth-order valence-electron chi connectivity index (χ4n) is 3.48. The number of para-hydroxylation sites is 1. The molecule has 138 valence electrons. The molecule has 0 bridgehead atoms. The lowest BCUT2D eigenvalue weighted by molar-refractivity contribution is 0.0973. The molecule has 3 heteroatoms. The van der Waals surface area contributed by atoms with Crippen LogP contribution in [0.3, 0.4) is 0 Å². The number of hydrogen-bond acceptors (Lipinski definition) is 2. The maximum Gasteiger partial charge on any atom is 0.163 e. The number of rotatable bonds is 6. The van der Waals surface area contributed by atoms with E-state index < -0.39 is 0 Å². The van der Waals surface area contributed by atoms with Crippen molar-refractivity contribution in [2.45, 2.75) is 18.8 Å². The highest BCUT2D eigenvalue weighted by Gasteiger charge is 2.19. The van der Waals surface area contributed by atoms with Crippen molar-refractivity contribution in [3.63, 3.8) is 0 Å². The Hall–Kier alpha value is -2.97. The van der Waals surface area contributed by atoms with Gasteiger partial charge in [-0.05, 0) is 42.2 Å². The van der Waals surface area contributed by atoms with Crippen molar-refractivity contribution in [1.82, 2.24) is 4.98 Å². The molecule has 0 fully saturated rings. The van der Waals surface area contributed by atoms with E-state index in [2.05, 4.69) is 18.2 Å². The molecule has 1 aromatic heterocycles. The predicted molar refractivity (Wildman–Crippen MR) is 115 cm³/mol. The van der Waals surface area contributed by atoms with Crippen molar-refractivity contribution < 1.29 is 4.79 Å². The molecule has 4 aromatic rings. The van der Waals surface area contributed by atoms with Gasteiger partial charge in [-0.25, -0.2) is 0 Å². The van der Waals surface area contributed by atoms with Crippen molar-refractivity contribution in [2.75, 3.05) is 0 Å². The first-order valence-corrected chi connectivity index (χ1v) is 9.75. The number of carbonyl (C=O) groups excluding carboxylic acids is 1. The molecule has 1 atom stereocenters. The van der Waals surface area contributed by atoms with E-state index in [0.717, 1.165) is 27.7 Å². The molecule has 0 radical (unpaired) electrons. The van der Waals surface area contributed by atoms with Gasteiger partial charge in [0.15, 0.2) is 5.78 Å². The predicted octanol–water partition coefficient (Wildman–Crippen LogP) is 6.49. The van der Waals surface area contributed by atoms with E-state index in [9.17, 15) is 4.79 Å². The second-order valence-corrected chi connectivity index (χ2v) is 7.38. The molecule has 3 aromatic carbocycles. The Morgan fingerprint density at radius 2 is 1.54 bits per heavy atom. The van der Waals surface area contributed by atoms with Crippen LogP contribution in [0.25, 0.3) is 10.9 Å². The van der Waals surface area contributed by atoms with Crippen LogP contribution in [0.15, 0.2) is 91.0 Å². The van der Waals surface area contributed by atoms with E-state index >= 15 is 0 Å². The van der Waals surface area contributed by atoms with Crippen LogP contribution in [0.2, 0.25) is 5.02 Å². The molecule has 0 N–H and O–H groups in total. The van der Waals surface area contributed by atoms with Crippen LogP contribution >= 0.6 is 11.6 Å². The van der Waals surface area contributed by atoms with Crippen LogP contribution in [0, 0.1) is 0 Å². The molecule has 0 saturated carbocycles. The number of nitrogens with zero attached hydrogens (tertiary/aromatic N) is 1. The summed E-state index contributed by atoms with van der Waals surface area (Å²) in [6.45, 7) is 0. The van der Waals surface area contributed by atoms with Gasteiger partial charge < -0.3 is 0 Å². The summed E-state index contributed by atoms with van der Waals surface area (Å²) in [5, 5.41) is 1.82. The summed E-state index contributed by atoms with van der Waals surface area (Å²) in [5.74, 6) is 0.181. The normalized spacial score (nSPS) is 12.0. The second kappa shape index (κ2) is 8.37. The van der Waals surface area contributed by atoms with Gasteiger partial charge in [-0.3, -0.25) is 9.78 Å². The minimum Gasteiger partial charge on any atom is -0.294 e. The standard InChI is InChI=1S/C25H20ClNO/c26-22-13-10-18(11-14-22)21(17-25(28)20-7-2-1-3-8-20)16-23-15-12-19-6-4-5-9-24(19)27-23/h1-15,21H,16-17H2. The Balaban J connectivity index is 1.63. The SMILES string of the molecule is O=C(CC(Cc1ccc2ccccc2n1)c1ccc(Cl)cc1)c1ccccc1. The molecule has 0 aliphatic rings. The highest BCUT2D eigenvalue weighted by atomic mass is 35.5. The van der Waals surface area contributed by atoms with Crippen molar-refractivity contribution in [3.8, 4) is 0 Å². The van der Waals surface area contributed by atoms with E-state index in [4.69, 9.17) is 16.6 Å². The number of carbonyl (C=O) groups is 1. The first kappa shape index (κ1) is 18.4. The summed E-state index contributed by atoms with van der Waals surface area (Å²) < 4.78 is 0. The zero-order chi connectivity index (χ0) is 19.3. The highest BCUT2D eigenvalue weighted by molar-refractivity contribution is 6.30. The quantitative estimate of drug-likeness (QED) is 0.355. The van der Waals surface area contributed by atoms with Crippen LogP contribution in [0.5, 0.6) is 0 Å². The molecule has 1 heterocycles. The number of ketones is 1. The summed E-state index contributed by atoms with van der Waals surface area (Å²) >= 11 is 6.06. The average molecular weight is 386 g/mol. The third kappa shape index (κ3) is 4.29. The Labute approximate surface area is 169 Å². The van der Waals surface area contributed by atoms with Gasteiger partial charge in [0, 0.05) is 28.1 Å². The van der Waals surface area contributed by atoms with E-state index in [0.29, 0.717) is 17.9 Å². The zero-order valence-electron chi connectivity index (χ0n) is 15.4. The van der Waals surface area contributed by atoms with E-state index in [1.54, 1.807) is 0 Å². The van der Waals surface area contributed by atoms with E-state index in [-0.39, 0.29) is 11.7 Å². The number of aromatic nitrogens is 1. The van der Waals surface area contributed by atoms with Crippen molar-refractivity contribution >= 4 is 28.3 Å². The topological polar surface area (TPSA) is 30.0 Å². The van der Waals surface area contributed by atoms with Gasteiger partial charge in [0.25, 0.3) is 0 Å². The minimum atomic E-state index is 0.0404. The number of pyridine rings is 1. The van der Waals surface area contributed by atoms with Crippen LogP contribution in [0.4, 0.5) is 0 Å². The third-order valence-electron chi connectivity index (χ3n) is 4.98. The minimum absolute atomic E-state index is 0.0404. The molecule has 2 nitrogen and oxygen atoms in total. The van der Waals surface area contributed by atoms with Crippen LogP contribution in [0.1, 0.15) is 34.0 Å². The van der Waals surface area contributed by atoms with Gasteiger partial charge in [-0.2, -0.15) is 0 Å². The lowest BCUT2D eigenvalue weighted by atomic mass is 9.87. The fourth-order valence-corrected chi connectivity index (χ4v) is 3.61. The Morgan fingerprint density at radius 3 is 2.32 bits per heavy atom. The third-order valence-corrected chi connectivity index (χ3v) is 5.23. The molecule has 0 aliphatic carbocycles. The molecule has 0 spiro atoms. The van der Waals surface area contributed by atoms with E-state index in [1.165, 1.54) is 0 Å². The van der Waals surface area contributed by atoms with Crippen molar-refractivity contribution in [3.05, 3.63) is 113 Å². The van der Waals surface area contributed by atoms with Crippen LogP contribution in [-0.2, 0) is 6.42 Å². The molecule has 0 amide bonds. The summed E-state index contributed by atoms with van der Waals surface area (Å²) in [6, 6.07) is 29.5. The highest BCUT2D eigenvalue weighted by Crippen LogP contribution is 2.27. The number of Topliss-reactive ketones (excluding diaryl/α,β-unsaturated/α-hetero) is 1. The number of halogens is 1. The Bertz CT molecular complexity index is 1090. The maximum absolute atomic E-state index is 12.9. The zero-order valence-corrected chi connectivity index (χ0v) is 16.1. The first-order valence-electron chi connectivity index (χ1n) is 9.37. The number of fused-ring (bicyclic) bond motifs is 1. The molecule has 0 aliphatic heterocycles. The van der Waals surface area contributed by atoms with E-state index in [1.807, 2.05) is 72.8 Å². The van der Waals surface area contributed by atoms with Gasteiger partial charge in [0.2, 0.25) is 0 Å². The molecule has 1 unspecified atom stereocenters. The Kier molecular flexibility index (Phi) is 5.50. The molecule has 0 saturated heterocycles. The van der Waals surface area contributed by atoms with Crippen molar-refractivity contribution in [1.29, 1.82) is 0 Å². The Morgan fingerprint density at radius 1 is 0.821 bits per heavy atom. The summed E-state index contributed by atoms with van der Waals surface area (Å²) in [5.41, 5.74) is 3.81. The second-order valence-electron chi connectivity index (χ2n) is 6.94. The van der Waals surface area contributed by atoms with Crippen LogP contribution in [-0.4, -0.2) is 10.8 Å². The molecule has 28 heavy (non-hydrogen) atoms. The number of hydrogen-bond donors (Lipinski definition) is 0. The lowest BCUT2D eigenvalue weighted by Crippen LogP contribution is -2.11. The monoisotopic (exact) mass is 385 g/mol. The van der Waals surface area contributed by atoms with Gasteiger partial charge in [0.05, 0.1) is 5.52 Å². The summed E-state index contributed by atoms with van der Waals surface area (Å²) in [7, 11) is 0. The van der Waals surface area contributed by atoms with Crippen molar-refractivity contribution in [2.24, 2.45) is 0 Å².